The Morgan fingerprint density at radius 2 is 2.08 bits per heavy atom. The lowest BCUT2D eigenvalue weighted by Crippen LogP contribution is -2.38. The highest BCUT2D eigenvalue weighted by molar-refractivity contribution is 6.06. The van der Waals surface area contributed by atoms with E-state index in [-0.39, 0.29) is 11.9 Å². The van der Waals surface area contributed by atoms with Gasteiger partial charge in [0.2, 0.25) is 0 Å². The number of nitrogens with zero attached hydrogens (tertiary/aromatic N) is 3. The number of para-hydroxylation sites is 1. The van der Waals surface area contributed by atoms with Gasteiger partial charge < -0.3 is 14.8 Å². The second-order valence-electron chi connectivity index (χ2n) is 6.51. The van der Waals surface area contributed by atoms with Crippen LogP contribution in [0.5, 0.6) is 5.75 Å². The maximum Gasteiger partial charge on any atom is 0.272 e. The highest BCUT2D eigenvalue weighted by Crippen LogP contribution is 2.28. The summed E-state index contributed by atoms with van der Waals surface area (Å²) < 4.78 is 12.8. The standard InChI is InChI=1S/C18H26N4O3/c1-13(2)19-18(23)16-14-5-4-6-15(24-3)17(14)22(20-16)8-7-21-9-11-25-12-10-21/h4-6,13H,7-12H2,1-3H3,(H,19,23). The second-order valence-corrected chi connectivity index (χ2v) is 6.51. The quantitative estimate of drug-likeness (QED) is 0.859. The van der Waals surface area contributed by atoms with Crippen molar-refractivity contribution in [1.29, 1.82) is 0 Å². The third-order valence-corrected chi connectivity index (χ3v) is 4.32. The molecule has 2 heterocycles. The van der Waals surface area contributed by atoms with Crippen molar-refractivity contribution >= 4 is 16.8 Å². The molecule has 0 aliphatic carbocycles. The molecule has 25 heavy (non-hydrogen) atoms. The number of amides is 1. The van der Waals surface area contributed by atoms with Crippen LogP contribution in [0, 0.1) is 0 Å². The van der Waals surface area contributed by atoms with E-state index in [0.717, 1.165) is 49.5 Å². The van der Waals surface area contributed by atoms with Crippen LogP contribution in [-0.4, -0.2) is 66.6 Å². The van der Waals surface area contributed by atoms with Crippen LogP contribution in [0.1, 0.15) is 24.3 Å². The number of aromatic nitrogens is 2. The molecule has 7 nitrogen and oxygen atoms in total. The van der Waals surface area contributed by atoms with Crippen molar-refractivity contribution in [3.8, 4) is 5.75 Å². The average molecular weight is 346 g/mol. The van der Waals surface area contributed by atoms with Gasteiger partial charge in [-0.05, 0) is 19.9 Å². The lowest BCUT2D eigenvalue weighted by molar-refractivity contribution is 0.0361. The van der Waals surface area contributed by atoms with E-state index in [1.165, 1.54) is 0 Å². The minimum atomic E-state index is -0.154. The summed E-state index contributed by atoms with van der Waals surface area (Å²) in [5.74, 6) is 0.578. The predicted molar refractivity (Wildman–Crippen MR) is 96.1 cm³/mol. The molecular weight excluding hydrogens is 320 g/mol. The lowest BCUT2D eigenvalue weighted by atomic mass is 10.2. The summed E-state index contributed by atoms with van der Waals surface area (Å²) in [7, 11) is 1.64. The molecular formula is C18H26N4O3. The molecule has 7 heteroatoms. The lowest BCUT2D eigenvalue weighted by Gasteiger charge is -2.26. The van der Waals surface area contributed by atoms with E-state index in [2.05, 4.69) is 15.3 Å². The third kappa shape index (κ3) is 3.93. The maximum atomic E-state index is 12.5. The average Bonchev–Trinajstić information content (AvgIpc) is 2.99. The summed E-state index contributed by atoms with van der Waals surface area (Å²) in [6.45, 7) is 8.84. The molecule has 1 saturated heterocycles. The number of benzene rings is 1. The van der Waals surface area contributed by atoms with Gasteiger partial charge in [0, 0.05) is 31.1 Å². The number of hydrogen-bond donors (Lipinski definition) is 1. The van der Waals surface area contributed by atoms with Crippen molar-refractivity contribution in [2.24, 2.45) is 0 Å². The molecule has 0 radical (unpaired) electrons. The Morgan fingerprint density at radius 1 is 1.32 bits per heavy atom. The number of methoxy groups -OCH3 is 1. The molecule has 3 rings (SSSR count). The first-order chi connectivity index (χ1) is 12.1. The van der Waals surface area contributed by atoms with E-state index >= 15 is 0 Å². The van der Waals surface area contributed by atoms with Crippen molar-refractivity contribution in [2.75, 3.05) is 40.0 Å². The zero-order valence-corrected chi connectivity index (χ0v) is 15.1. The largest absolute Gasteiger partial charge is 0.494 e. The van der Waals surface area contributed by atoms with Crippen molar-refractivity contribution in [3.63, 3.8) is 0 Å². The number of hydrogen-bond acceptors (Lipinski definition) is 5. The number of rotatable bonds is 6. The minimum Gasteiger partial charge on any atom is -0.494 e. The first-order valence-corrected chi connectivity index (χ1v) is 8.74. The van der Waals surface area contributed by atoms with Crippen molar-refractivity contribution in [3.05, 3.63) is 23.9 Å². The van der Waals surface area contributed by atoms with Crippen LogP contribution < -0.4 is 10.1 Å². The van der Waals surface area contributed by atoms with Gasteiger partial charge in [0.05, 0.1) is 26.9 Å². The highest BCUT2D eigenvalue weighted by Gasteiger charge is 2.21. The monoisotopic (exact) mass is 346 g/mol. The molecule has 1 aliphatic heterocycles. The smallest absolute Gasteiger partial charge is 0.272 e. The zero-order valence-electron chi connectivity index (χ0n) is 15.1. The Morgan fingerprint density at radius 3 is 2.76 bits per heavy atom. The fourth-order valence-electron chi connectivity index (χ4n) is 3.09. The maximum absolute atomic E-state index is 12.5. The normalized spacial score (nSPS) is 15.7. The molecule has 1 aromatic heterocycles. The van der Waals surface area contributed by atoms with Gasteiger partial charge in [-0.15, -0.1) is 0 Å². The molecule has 1 amide bonds. The number of fused-ring (bicyclic) bond motifs is 1. The van der Waals surface area contributed by atoms with E-state index in [9.17, 15) is 4.79 Å². The van der Waals surface area contributed by atoms with Crippen molar-refractivity contribution < 1.29 is 14.3 Å². The summed E-state index contributed by atoms with van der Waals surface area (Å²) in [6.07, 6.45) is 0. The molecule has 0 unspecified atom stereocenters. The summed E-state index contributed by atoms with van der Waals surface area (Å²) in [4.78, 5) is 14.9. The summed E-state index contributed by atoms with van der Waals surface area (Å²) >= 11 is 0. The van der Waals surface area contributed by atoms with Crippen LogP contribution in [0.3, 0.4) is 0 Å². The van der Waals surface area contributed by atoms with E-state index in [0.29, 0.717) is 12.2 Å². The van der Waals surface area contributed by atoms with Crippen LogP contribution in [0.15, 0.2) is 18.2 Å². The predicted octanol–water partition coefficient (Wildman–Crippen LogP) is 1.52. The number of ether oxygens (including phenoxy) is 2. The molecule has 1 aromatic carbocycles. The molecule has 1 aliphatic rings. The number of morpholine rings is 1. The first-order valence-electron chi connectivity index (χ1n) is 8.74. The number of carbonyl (C=O) groups excluding carboxylic acids is 1. The van der Waals surface area contributed by atoms with Gasteiger partial charge >= 0.3 is 0 Å². The Bertz CT molecular complexity index is 735. The number of nitrogens with one attached hydrogen (secondary N) is 1. The second kappa shape index (κ2) is 7.84. The van der Waals surface area contributed by atoms with Gasteiger partial charge in [0.25, 0.3) is 5.91 Å². The van der Waals surface area contributed by atoms with E-state index in [4.69, 9.17) is 9.47 Å². The Balaban J connectivity index is 1.91. The highest BCUT2D eigenvalue weighted by atomic mass is 16.5. The molecule has 1 fully saturated rings. The van der Waals surface area contributed by atoms with Gasteiger partial charge in [-0.3, -0.25) is 14.4 Å². The molecule has 0 bridgehead atoms. The van der Waals surface area contributed by atoms with Crippen LogP contribution in [-0.2, 0) is 11.3 Å². The molecule has 1 N–H and O–H groups in total. The summed E-state index contributed by atoms with van der Waals surface area (Å²) in [5.41, 5.74) is 1.32. The Kier molecular flexibility index (Phi) is 5.55. The van der Waals surface area contributed by atoms with Gasteiger partial charge in [0.15, 0.2) is 5.69 Å². The van der Waals surface area contributed by atoms with Gasteiger partial charge in [-0.1, -0.05) is 12.1 Å². The SMILES string of the molecule is COc1cccc2c(C(=O)NC(C)C)nn(CCN3CCOCC3)c12. The fraction of sp³-hybridized carbons (Fsp3) is 0.556. The first kappa shape index (κ1) is 17.7. The van der Waals surface area contributed by atoms with Crippen LogP contribution in [0.25, 0.3) is 10.9 Å². The molecule has 2 aromatic rings. The molecule has 0 atom stereocenters. The van der Waals surface area contributed by atoms with Gasteiger partial charge in [0.1, 0.15) is 11.3 Å². The Labute approximate surface area is 147 Å². The van der Waals surface area contributed by atoms with Crippen molar-refractivity contribution in [2.45, 2.75) is 26.4 Å². The fourth-order valence-corrected chi connectivity index (χ4v) is 3.09. The van der Waals surface area contributed by atoms with Crippen LogP contribution in [0.4, 0.5) is 0 Å². The third-order valence-electron chi connectivity index (χ3n) is 4.32. The van der Waals surface area contributed by atoms with Crippen molar-refractivity contribution in [1.82, 2.24) is 20.0 Å². The summed E-state index contributed by atoms with van der Waals surface area (Å²) in [6, 6.07) is 5.78. The topological polar surface area (TPSA) is 68.6 Å². The molecule has 0 saturated carbocycles. The van der Waals surface area contributed by atoms with E-state index in [1.807, 2.05) is 36.7 Å². The van der Waals surface area contributed by atoms with Gasteiger partial charge in [-0.25, -0.2) is 0 Å². The minimum absolute atomic E-state index is 0.0617. The van der Waals surface area contributed by atoms with Gasteiger partial charge in [-0.2, -0.15) is 5.10 Å². The van der Waals surface area contributed by atoms with E-state index < -0.39 is 0 Å². The molecule has 0 spiro atoms. The number of carbonyl (C=O) groups is 1. The van der Waals surface area contributed by atoms with E-state index in [1.54, 1.807) is 7.11 Å². The Hall–Kier alpha value is -2.12. The molecule has 136 valence electrons. The zero-order chi connectivity index (χ0) is 17.8. The summed E-state index contributed by atoms with van der Waals surface area (Å²) in [5, 5.41) is 8.35. The van der Waals surface area contributed by atoms with Crippen LogP contribution in [0.2, 0.25) is 0 Å². The van der Waals surface area contributed by atoms with Crippen LogP contribution >= 0.6 is 0 Å².